The summed E-state index contributed by atoms with van der Waals surface area (Å²) in [4.78, 5) is 14.3. The fraction of sp³-hybridized carbons (Fsp3) is 0.533. The molecule has 0 amide bonds. The second-order valence-corrected chi connectivity index (χ2v) is 6.86. The van der Waals surface area contributed by atoms with E-state index in [-0.39, 0.29) is 11.9 Å². The molecular weight excluding hydrogens is 306 g/mol. The van der Waals surface area contributed by atoms with E-state index >= 15 is 0 Å². The molecule has 2 rings (SSSR count). The third kappa shape index (κ3) is 3.96. The number of carbonyl (C=O) groups is 1. The van der Waals surface area contributed by atoms with Crippen LogP contribution >= 0.6 is 15.9 Å². The minimum Gasteiger partial charge on any atom is -0.460 e. The Morgan fingerprint density at radius 1 is 1.32 bits per heavy atom. The molecule has 4 heteroatoms. The van der Waals surface area contributed by atoms with Crippen LogP contribution in [0, 0.1) is 5.92 Å². The maximum Gasteiger partial charge on any atom is 0.311 e. The van der Waals surface area contributed by atoms with E-state index in [1.165, 1.54) is 0 Å². The van der Waals surface area contributed by atoms with E-state index in [0.717, 1.165) is 29.7 Å². The molecule has 104 valence electrons. The van der Waals surface area contributed by atoms with Crippen molar-refractivity contribution in [1.29, 1.82) is 0 Å². The average molecular weight is 326 g/mol. The highest BCUT2D eigenvalue weighted by atomic mass is 79.9. The van der Waals surface area contributed by atoms with Gasteiger partial charge in [-0.2, -0.15) is 0 Å². The zero-order valence-corrected chi connectivity index (χ0v) is 13.2. The molecule has 0 spiro atoms. The summed E-state index contributed by atoms with van der Waals surface area (Å²) < 4.78 is 6.52. The minimum absolute atomic E-state index is 0.0112. The van der Waals surface area contributed by atoms with Crippen molar-refractivity contribution in [2.75, 3.05) is 18.0 Å². The van der Waals surface area contributed by atoms with Gasteiger partial charge >= 0.3 is 5.97 Å². The molecule has 1 saturated heterocycles. The van der Waals surface area contributed by atoms with Gasteiger partial charge in [-0.1, -0.05) is 15.9 Å². The van der Waals surface area contributed by atoms with Gasteiger partial charge in [0.2, 0.25) is 0 Å². The number of halogens is 1. The van der Waals surface area contributed by atoms with Gasteiger partial charge < -0.3 is 9.64 Å². The van der Waals surface area contributed by atoms with Crippen LogP contribution in [0.25, 0.3) is 0 Å². The second kappa shape index (κ2) is 5.53. The first kappa shape index (κ1) is 14.4. The molecule has 1 heterocycles. The van der Waals surface area contributed by atoms with Gasteiger partial charge in [0.15, 0.2) is 0 Å². The highest BCUT2D eigenvalue weighted by Crippen LogP contribution is 2.26. The summed E-state index contributed by atoms with van der Waals surface area (Å²) in [6.07, 6.45) is 0.866. The van der Waals surface area contributed by atoms with E-state index in [0.29, 0.717) is 0 Å². The molecule has 0 radical (unpaired) electrons. The lowest BCUT2D eigenvalue weighted by Crippen LogP contribution is -2.30. The van der Waals surface area contributed by atoms with Crippen molar-refractivity contribution in [3.05, 3.63) is 28.7 Å². The van der Waals surface area contributed by atoms with Crippen molar-refractivity contribution in [1.82, 2.24) is 0 Å². The van der Waals surface area contributed by atoms with Gasteiger partial charge in [0.05, 0.1) is 5.92 Å². The summed E-state index contributed by atoms with van der Waals surface area (Å²) in [5.74, 6) is -0.0880. The molecule has 1 unspecified atom stereocenters. The predicted molar refractivity (Wildman–Crippen MR) is 80.3 cm³/mol. The first-order valence-corrected chi connectivity index (χ1v) is 7.38. The molecular formula is C15H20BrNO2. The van der Waals surface area contributed by atoms with Gasteiger partial charge in [0.1, 0.15) is 5.60 Å². The molecule has 0 bridgehead atoms. The molecule has 19 heavy (non-hydrogen) atoms. The van der Waals surface area contributed by atoms with Gasteiger partial charge in [-0.05, 0) is 51.5 Å². The van der Waals surface area contributed by atoms with Gasteiger partial charge in [-0.25, -0.2) is 0 Å². The molecule has 1 atom stereocenters. The van der Waals surface area contributed by atoms with Crippen LogP contribution in [0.15, 0.2) is 28.7 Å². The number of ether oxygens (including phenoxy) is 1. The van der Waals surface area contributed by atoms with Crippen LogP contribution in [0.4, 0.5) is 5.69 Å². The van der Waals surface area contributed by atoms with Crippen molar-refractivity contribution in [3.8, 4) is 0 Å². The number of nitrogens with zero attached hydrogens (tertiary/aromatic N) is 1. The van der Waals surface area contributed by atoms with Crippen molar-refractivity contribution < 1.29 is 9.53 Å². The smallest absolute Gasteiger partial charge is 0.311 e. The van der Waals surface area contributed by atoms with Crippen LogP contribution in [0.5, 0.6) is 0 Å². The van der Waals surface area contributed by atoms with Crippen molar-refractivity contribution in [3.63, 3.8) is 0 Å². The Morgan fingerprint density at radius 2 is 1.95 bits per heavy atom. The molecule has 1 aliphatic rings. The van der Waals surface area contributed by atoms with Crippen LogP contribution in [-0.4, -0.2) is 24.7 Å². The number of carbonyl (C=O) groups excluding carboxylic acids is 1. The van der Waals surface area contributed by atoms with Gasteiger partial charge in [-0.15, -0.1) is 0 Å². The van der Waals surface area contributed by atoms with E-state index in [2.05, 4.69) is 33.0 Å². The van der Waals surface area contributed by atoms with Crippen LogP contribution in [0.2, 0.25) is 0 Å². The topological polar surface area (TPSA) is 29.5 Å². The van der Waals surface area contributed by atoms with Crippen LogP contribution in [0.3, 0.4) is 0 Å². The molecule has 0 aromatic heterocycles. The normalized spacial score (nSPS) is 19.6. The maximum absolute atomic E-state index is 12.0. The summed E-state index contributed by atoms with van der Waals surface area (Å²) in [6, 6.07) is 8.19. The van der Waals surface area contributed by atoms with Crippen LogP contribution in [0.1, 0.15) is 27.2 Å². The third-order valence-electron chi connectivity index (χ3n) is 3.12. The standard InChI is InChI=1S/C15H20BrNO2/c1-15(2,3)19-14(18)11-8-9-17(10-11)13-6-4-12(16)5-7-13/h4-7,11H,8-10H2,1-3H3. The Labute approximate surface area is 123 Å². The summed E-state index contributed by atoms with van der Waals surface area (Å²) in [6.45, 7) is 7.38. The first-order valence-electron chi connectivity index (χ1n) is 6.58. The van der Waals surface area contributed by atoms with Crippen LogP contribution < -0.4 is 4.90 Å². The number of anilines is 1. The maximum atomic E-state index is 12.0. The summed E-state index contributed by atoms with van der Waals surface area (Å²) in [7, 11) is 0. The molecule has 0 N–H and O–H groups in total. The number of rotatable bonds is 2. The zero-order valence-electron chi connectivity index (χ0n) is 11.6. The molecule has 1 fully saturated rings. The molecule has 0 aliphatic carbocycles. The summed E-state index contributed by atoms with van der Waals surface area (Å²) >= 11 is 3.43. The Hall–Kier alpha value is -1.03. The lowest BCUT2D eigenvalue weighted by molar-refractivity contribution is -0.159. The van der Waals surface area contributed by atoms with Crippen molar-refractivity contribution >= 4 is 27.6 Å². The SMILES string of the molecule is CC(C)(C)OC(=O)C1CCN(c2ccc(Br)cc2)C1. The van der Waals surface area contributed by atoms with Crippen molar-refractivity contribution in [2.24, 2.45) is 5.92 Å². The van der Waals surface area contributed by atoms with E-state index in [1.54, 1.807) is 0 Å². The predicted octanol–water partition coefficient (Wildman–Crippen LogP) is 3.62. The number of hydrogen-bond acceptors (Lipinski definition) is 3. The number of esters is 1. The molecule has 1 aliphatic heterocycles. The highest BCUT2D eigenvalue weighted by molar-refractivity contribution is 9.10. The quantitative estimate of drug-likeness (QED) is 0.778. The van der Waals surface area contributed by atoms with Crippen LogP contribution in [-0.2, 0) is 9.53 Å². The minimum atomic E-state index is -0.401. The highest BCUT2D eigenvalue weighted by Gasteiger charge is 2.31. The summed E-state index contributed by atoms with van der Waals surface area (Å²) in [5, 5.41) is 0. The molecule has 3 nitrogen and oxygen atoms in total. The van der Waals surface area contributed by atoms with Gasteiger partial charge in [0.25, 0.3) is 0 Å². The third-order valence-corrected chi connectivity index (χ3v) is 3.65. The van der Waals surface area contributed by atoms with E-state index in [4.69, 9.17) is 4.74 Å². The van der Waals surface area contributed by atoms with E-state index in [1.807, 2.05) is 32.9 Å². The van der Waals surface area contributed by atoms with E-state index < -0.39 is 5.60 Å². The number of hydrogen-bond donors (Lipinski definition) is 0. The molecule has 1 aromatic rings. The Balaban J connectivity index is 1.96. The number of benzene rings is 1. The fourth-order valence-corrected chi connectivity index (χ4v) is 2.49. The zero-order chi connectivity index (χ0) is 14.0. The Bertz CT molecular complexity index is 450. The lowest BCUT2D eigenvalue weighted by atomic mass is 10.1. The van der Waals surface area contributed by atoms with Gasteiger partial charge in [-0.3, -0.25) is 4.79 Å². The molecule has 0 saturated carbocycles. The lowest BCUT2D eigenvalue weighted by Gasteiger charge is -2.22. The second-order valence-electron chi connectivity index (χ2n) is 5.94. The Morgan fingerprint density at radius 3 is 2.53 bits per heavy atom. The first-order chi connectivity index (χ1) is 8.85. The fourth-order valence-electron chi connectivity index (χ4n) is 2.22. The Kier molecular flexibility index (Phi) is 4.19. The molecule has 1 aromatic carbocycles. The van der Waals surface area contributed by atoms with E-state index in [9.17, 15) is 4.79 Å². The average Bonchev–Trinajstić information content (AvgIpc) is 2.77. The summed E-state index contributed by atoms with van der Waals surface area (Å²) in [5.41, 5.74) is 0.761. The van der Waals surface area contributed by atoms with Crippen molar-refractivity contribution in [2.45, 2.75) is 32.8 Å². The van der Waals surface area contributed by atoms with Gasteiger partial charge in [0, 0.05) is 23.2 Å². The monoisotopic (exact) mass is 325 g/mol. The largest absolute Gasteiger partial charge is 0.460 e.